The predicted molar refractivity (Wildman–Crippen MR) is 94.4 cm³/mol. The van der Waals surface area contributed by atoms with Crippen molar-refractivity contribution in [3.63, 3.8) is 0 Å². The monoisotopic (exact) mass is 403 g/mol. The molecule has 0 bridgehead atoms. The number of nitrogens with one attached hydrogen (secondary N) is 3. The summed E-state index contributed by atoms with van der Waals surface area (Å²) in [7, 11) is 0. The summed E-state index contributed by atoms with van der Waals surface area (Å²) in [4.78, 5) is 36.2. The normalized spacial score (nSPS) is 13.3. The van der Waals surface area contributed by atoms with Crippen molar-refractivity contribution in [2.75, 3.05) is 0 Å². The molecule has 0 saturated carbocycles. The molecule has 0 unspecified atom stereocenters. The fourth-order valence-electron chi connectivity index (χ4n) is 1.85. The third-order valence-corrected chi connectivity index (χ3v) is 4.49. The van der Waals surface area contributed by atoms with Crippen LogP contribution in [0.3, 0.4) is 0 Å². The molecule has 23 heavy (non-hydrogen) atoms. The molecule has 2 atom stereocenters. The number of hydrogen-bond acceptors (Lipinski definition) is 4. The molecule has 1 heterocycles. The molecule has 0 saturated heterocycles. The SMILES string of the molecule is CC(C)NC(=O)C[C@@H](C)NC(=O)[C@@H](C)NC(=O)c1ccc(Br)s1. The molecule has 3 N–H and O–H groups in total. The number of carbonyl (C=O) groups excluding carboxylic acids is 3. The lowest BCUT2D eigenvalue weighted by atomic mass is 10.2. The smallest absolute Gasteiger partial charge is 0.262 e. The molecule has 128 valence electrons. The lowest BCUT2D eigenvalue weighted by Gasteiger charge is -2.18. The van der Waals surface area contributed by atoms with Crippen molar-refractivity contribution >= 4 is 45.0 Å². The zero-order chi connectivity index (χ0) is 17.6. The van der Waals surface area contributed by atoms with Crippen molar-refractivity contribution in [1.82, 2.24) is 16.0 Å². The first-order valence-electron chi connectivity index (χ1n) is 7.35. The Balaban J connectivity index is 2.44. The fraction of sp³-hybridized carbons (Fsp3) is 0.533. The Morgan fingerprint density at radius 3 is 2.26 bits per heavy atom. The number of carbonyl (C=O) groups is 3. The second kappa shape index (κ2) is 9.02. The summed E-state index contributed by atoms with van der Waals surface area (Å²) in [6.07, 6.45) is 0.197. The predicted octanol–water partition coefficient (Wildman–Crippen LogP) is 2.05. The molecule has 8 heteroatoms. The van der Waals surface area contributed by atoms with Gasteiger partial charge in [0.05, 0.1) is 8.66 Å². The van der Waals surface area contributed by atoms with Crippen molar-refractivity contribution in [2.24, 2.45) is 0 Å². The van der Waals surface area contributed by atoms with Gasteiger partial charge in [0.25, 0.3) is 5.91 Å². The van der Waals surface area contributed by atoms with E-state index in [0.29, 0.717) is 4.88 Å². The molecular formula is C15H22BrN3O3S. The van der Waals surface area contributed by atoms with Gasteiger partial charge in [-0.25, -0.2) is 0 Å². The standard InChI is InChI=1S/C15H22BrN3O3S/c1-8(2)17-13(20)7-9(3)18-14(21)10(4)19-15(22)11-5-6-12(16)23-11/h5-6,8-10H,7H2,1-4H3,(H,17,20)(H,18,21)(H,19,22)/t9-,10-/m1/s1. The van der Waals surface area contributed by atoms with Crippen LogP contribution in [-0.2, 0) is 9.59 Å². The van der Waals surface area contributed by atoms with Gasteiger partial charge in [0.2, 0.25) is 11.8 Å². The molecule has 0 aliphatic heterocycles. The van der Waals surface area contributed by atoms with E-state index in [2.05, 4.69) is 31.9 Å². The average molecular weight is 404 g/mol. The van der Waals surface area contributed by atoms with Crippen molar-refractivity contribution in [2.45, 2.75) is 52.2 Å². The van der Waals surface area contributed by atoms with Crippen LogP contribution in [-0.4, -0.2) is 35.8 Å². The van der Waals surface area contributed by atoms with Gasteiger partial charge < -0.3 is 16.0 Å². The fourth-order valence-corrected chi connectivity index (χ4v) is 3.14. The minimum Gasteiger partial charge on any atom is -0.354 e. The van der Waals surface area contributed by atoms with Crippen LogP contribution in [0.25, 0.3) is 0 Å². The first kappa shape index (κ1) is 19.6. The minimum atomic E-state index is -0.681. The van der Waals surface area contributed by atoms with E-state index in [0.717, 1.165) is 3.79 Å². The Kier molecular flexibility index (Phi) is 7.70. The lowest BCUT2D eigenvalue weighted by Crippen LogP contribution is -2.48. The highest BCUT2D eigenvalue weighted by atomic mass is 79.9. The highest BCUT2D eigenvalue weighted by molar-refractivity contribution is 9.11. The molecule has 6 nitrogen and oxygen atoms in total. The maximum absolute atomic E-state index is 12.1. The van der Waals surface area contributed by atoms with Crippen LogP contribution in [0.4, 0.5) is 0 Å². The number of hydrogen-bond donors (Lipinski definition) is 3. The van der Waals surface area contributed by atoms with Crippen molar-refractivity contribution in [3.8, 4) is 0 Å². The first-order valence-corrected chi connectivity index (χ1v) is 8.96. The van der Waals surface area contributed by atoms with Gasteiger partial charge in [-0.2, -0.15) is 0 Å². The van der Waals surface area contributed by atoms with Gasteiger partial charge in [0.1, 0.15) is 6.04 Å². The summed E-state index contributed by atoms with van der Waals surface area (Å²) in [5.74, 6) is -0.736. The minimum absolute atomic E-state index is 0.0636. The van der Waals surface area contributed by atoms with E-state index >= 15 is 0 Å². The second-order valence-corrected chi connectivity index (χ2v) is 8.10. The molecule has 1 rings (SSSR count). The molecular weight excluding hydrogens is 382 g/mol. The highest BCUT2D eigenvalue weighted by Gasteiger charge is 2.20. The molecule has 0 aliphatic rings. The van der Waals surface area contributed by atoms with E-state index in [1.54, 1.807) is 26.0 Å². The van der Waals surface area contributed by atoms with Crippen LogP contribution in [0.1, 0.15) is 43.8 Å². The Morgan fingerprint density at radius 2 is 1.74 bits per heavy atom. The Morgan fingerprint density at radius 1 is 1.09 bits per heavy atom. The van der Waals surface area contributed by atoms with E-state index in [4.69, 9.17) is 0 Å². The van der Waals surface area contributed by atoms with Gasteiger partial charge in [-0.3, -0.25) is 14.4 Å². The summed E-state index contributed by atoms with van der Waals surface area (Å²) in [5, 5.41) is 8.13. The Bertz CT molecular complexity index is 574. The van der Waals surface area contributed by atoms with Crippen molar-refractivity contribution < 1.29 is 14.4 Å². The maximum Gasteiger partial charge on any atom is 0.262 e. The molecule has 0 radical (unpaired) electrons. The Hall–Kier alpha value is -1.41. The van der Waals surface area contributed by atoms with Crippen LogP contribution < -0.4 is 16.0 Å². The summed E-state index contributed by atoms with van der Waals surface area (Å²) in [5.41, 5.74) is 0. The molecule has 0 fully saturated rings. The van der Waals surface area contributed by atoms with Gasteiger partial charge in [-0.05, 0) is 55.8 Å². The van der Waals surface area contributed by atoms with E-state index in [1.807, 2.05) is 13.8 Å². The van der Waals surface area contributed by atoms with Gasteiger partial charge in [0.15, 0.2) is 0 Å². The zero-order valence-electron chi connectivity index (χ0n) is 13.6. The summed E-state index contributed by atoms with van der Waals surface area (Å²) in [6, 6.07) is 2.54. The maximum atomic E-state index is 12.1. The molecule has 1 aromatic rings. The highest BCUT2D eigenvalue weighted by Crippen LogP contribution is 2.21. The van der Waals surface area contributed by atoms with Crippen LogP contribution in [0.5, 0.6) is 0 Å². The van der Waals surface area contributed by atoms with Crippen LogP contribution >= 0.6 is 27.3 Å². The largest absolute Gasteiger partial charge is 0.354 e. The topological polar surface area (TPSA) is 87.3 Å². The third-order valence-electron chi connectivity index (χ3n) is 2.87. The van der Waals surface area contributed by atoms with Gasteiger partial charge in [0, 0.05) is 18.5 Å². The van der Waals surface area contributed by atoms with Crippen LogP contribution in [0, 0.1) is 0 Å². The first-order chi connectivity index (χ1) is 10.7. The zero-order valence-corrected chi connectivity index (χ0v) is 16.0. The van der Waals surface area contributed by atoms with Gasteiger partial charge in [-0.1, -0.05) is 0 Å². The van der Waals surface area contributed by atoms with E-state index < -0.39 is 6.04 Å². The molecule has 1 aromatic heterocycles. The van der Waals surface area contributed by atoms with Crippen LogP contribution in [0.15, 0.2) is 15.9 Å². The van der Waals surface area contributed by atoms with Crippen LogP contribution in [0.2, 0.25) is 0 Å². The quantitative estimate of drug-likeness (QED) is 0.650. The number of thiophene rings is 1. The Labute approximate surface area is 148 Å². The van der Waals surface area contributed by atoms with Gasteiger partial charge in [-0.15, -0.1) is 11.3 Å². The summed E-state index contributed by atoms with van der Waals surface area (Å²) < 4.78 is 0.851. The van der Waals surface area contributed by atoms with E-state index in [-0.39, 0.29) is 36.2 Å². The lowest BCUT2D eigenvalue weighted by molar-refractivity contribution is -0.124. The average Bonchev–Trinajstić information content (AvgIpc) is 2.83. The molecule has 3 amide bonds. The third kappa shape index (κ3) is 7.13. The van der Waals surface area contributed by atoms with Gasteiger partial charge >= 0.3 is 0 Å². The molecule has 0 aliphatic carbocycles. The number of rotatable bonds is 7. The molecule has 0 spiro atoms. The second-order valence-electron chi connectivity index (χ2n) is 5.63. The van der Waals surface area contributed by atoms with E-state index in [1.165, 1.54) is 11.3 Å². The summed E-state index contributed by atoms with van der Waals surface area (Å²) in [6.45, 7) is 7.11. The van der Waals surface area contributed by atoms with E-state index in [9.17, 15) is 14.4 Å². The van der Waals surface area contributed by atoms with Crippen molar-refractivity contribution in [3.05, 3.63) is 20.8 Å². The number of amides is 3. The number of halogens is 1. The van der Waals surface area contributed by atoms with Crippen molar-refractivity contribution in [1.29, 1.82) is 0 Å². The molecule has 0 aromatic carbocycles. The summed E-state index contributed by atoms with van der Waals surface area (Å²) >= 11 is 4.59.